The van der Waals surface area contributed by atoms with E-state index in [1.807, 2.05) is 11.4 Å². The van der Waals surface area contributed by atoms with E-state index in [1.165, 1.54) is 11.0 Å². The maximum absolute atomic E-state index is 10.5. The van der Waals surface area contributed by atoms with Crippen molar-refractivity contribution in [3.8, 4) is 0 Å². The van der Waals surface area contributed by atoms with Crippen LogP contribution in [0, 0.1) is 0 Å². The van der Waals surface area contributed by atoms with Crippen LogP contribution in [0.2, 0.25) is 0 Å². The van der Waals surface area contributed by atoms with Gasteiger partial charge in [0.15, 0.2) is 0 Å². The van der Waals surface area contributed by atoms with Crippen molar-refractivity contribution in [3.63, 3.8) is 0 Å². The molecule has 104 valence electrons. The number of nitrogens with zero attached hydrogens (tertiary/aromatic N) is 1. The molecule has 1 aliphatic rings. The van der Waals surface area contributed by atoms with Gasteiger partial charge in [0.25, 0.3) is 0 Å². The van der Waals surface area contributed by atoms with Crippen LogP contribution in [-0.4, -0.2) is 42.3 Å². The van der Waals surface area contributed by atoms with Crippen molar-refractivity contribution in [1.29, 1.82) is 0 Å². The van der Waals surface area contributed by atoms with Crippen molar-refractivity contribution in [2.75, 3.05) is 20.2 Å². The van der Waals surface area contributed by atoms with Crippen LogP contribution in [-0.2, 0) is 16.1 Å². The Bertz CT molecular complexity index is 449. The molecule has 1 fully saturated rings. The fraction of sp³-hybridized carbons (Fsp3) is 0.500. The average molecular weight is 281 g/mol. The zero-order chi connectivity index (χ0) is 13.7. The highest BCUT2D eigenvalue weighted by Crippen LogP contribution is 2.21. The highest BCUT2D eigenvalue weighted by molar-refractivity contribution is 7.10. The molecule has 1 unspecified atom stereocenters. The van der Waals surface area contributed by atoms with Crippen LogP contribution in [0.25, 0.3) is 6.08 Å². The third kappa shape index (κ3) is 4.45. The van der Waals surface area contributed by atoms with Gasteiger partial charge in [-0.1, -0.05) is 0 Å². The van der Waals surface area contributed by atoms with E-state index in [4.69, 9.17) is 9.84 Å². The van der Waals surface area contributed by atoms with Gasteiger partial charge in [-0.05, 0) is 43.0 Å². The van der Waals surface area contributed by atoms with Crippen molar-refractivity contribution in [2.45, 2.75) is 25.5 Å². The molecule has 1 N–H and O–H groups in total. The molecule has 0 amide bonds. The summed E-state index contributed by atoms with van der Waals surface area (Å²) in [4.78, 5) is 14.0. The van der Waals surface area contributed by atoms with E-state index >= 15 is 0 Å². The Labute approximate surface area is 117 Å². The normalized spacial score (nSPS) is 19.6. The third-order valence-electron chi connectivity index (χ3n) is 3.14. The third-order valence-corrected chi connectivity index (χ3v) is 4.06. The molecule has 5 heteroatoms. The van der Waals surface area contributed by atoms with E-state index in [-0.39, 0.29) is 0 Å². The predicted octanol–water partition coefficient (Wildman–Crippen LogP) is 2.46. The molecular formula is C14H19NO3S. The molecule has 0 aliphatic carbocycles. The summed E-state index contributed by atoms with van der Waals surface area (Å²) in [5.41, 5.74) is 0.992. The number of carboxylic acids is 1. The Morgan fingerprint density at radius 1 is 1.68 bits per heavy atom. The topological polar surface area (TPSA) is 49.8 Å². The molecule has 2 rings (SSSR count). The second-order valence-corrected chi connectivity index (χ2v) is 5.80. The minimum Gasteiger partial charge on any atom is -0.478 e. The van der Waals surface area contributed by atoms with Crippen molar-refractivity contribution in [2.24, 2.45) is 0 Å². The number of carboxylic acid groups (broad SMARTS) is 1. The number of aliphatic carboxylic acids is 1. The average Bonchev–Trinajstić information content (AvgIpc) is 2.98. The van der Waals surface area contributed by atoms with Crippen LogP contribution in [0.3, 0.4) is 0 Å². The second kappa shape index (κ2) is 6.84. The summed E-state index contributed by atoms with van der Waals surface area (Å²) < 4.78 is 5.62. The maximum Gasteiger partial charge on any atom is 0.328 e. The zero-order valence-corrected chi connectivity index (χ0v) is 11.9. The van der Waals surface area contributed by atoms with Crippen LogP contribution in [0.5, 0.6) is 0 Å². The van der Waals surface area contributed by atoms with Crippen LogP contribution in [0.1, 0.15) is 23.3 Å². The van der Waals surface area contributed by atoms with E-state index in [0.717, 1.165) is 38.1 Å². The molecule has 1 aromatic heterocycles. The molecule has 1 aliphatic heterocycles. The van der Waals surface area contributed by atoms with Gasteiger partial charge in [-0.25, -0.2) is 4.79 Å². The van der Waals surface area contributed by atoms with Crippen molar-refractivity contribution < 1.29 is 14.6 Å². The molecule has 1 saturated heterocycles. The first-order valence-corrected chi connectivity index (χ1v) is 7.30. The Hall–Kier alpha value is -1.17. The van der Waals surface area contributed by atoms with E-state index in [0.29, 0.717) is 6.10 Å². The summed E-state index contributed by atoms with van der Waals surface area (Å²) in [6.45, 7) is 2.64. The molecule has 0 spiro atoms. The molecule has 1 aromatic rings. The van der Waals surface area contributed by atoms with E-state index in [9.17, 15) is 4.79 Å². The molecular weight excluding hydrogens is 262 g/mol. The molecule has 1 atom stereocenters. The second-order valence-electron chi connectivity index (χ2n) is 4.80. The van der Waals surface area contributed by atoms with Crippen LogP contribution < -0.4 is 0 Å². The molecule has 0 bridgehead atoms. The maximum atomic E-state index is 10.5. The summed E-state index contributed by atoms with van der Waals surface area (Å²) in [5.74, 6) is -0.912. The van der Waals surface area contributed by atoms with Gasteiger partial charge in [0.05, 0.1) is 6.10 Å². The van der Waals surface area contributed by atoms with Gasteiger partial charge in [0, 0.05) is 30.6 Å². The van der Waals surface area contributed by atoms with E-state index < -0.39 is 5.97 Å². The minimum atomic E-state index is -0.912. The predicted molar refractivity (Wildman–Crippen MR) is 76.3 cm³/mol. The van der Waals surface area contributed by atoms with Crippen LogP contribution >= 0.6 is 11.3 Å². The van der Waals surface area contributed by atoms with Gasteiger partial charge >= 0.3 is 5.97 Å². The number of carbonyl (C=O) groups is 1. The van der Waals surface area contributed by atoms with Crippen molar-refractivity contribution >= 4 is 23.4 Å². The lowest BCUT2D eigenvalue weighted by Gasteiger charge is -2.20. The molecule has 0 aromatic carbocycles. The smallest absolute Gasteiger partial charge is 0.328 e. The Morgan fingerprint density at radius 2 is 2.53 bits per heavy atom. The minimum absolute atomic E-state index is 0.350. The van der Waals surface area contributed by atoms with Gasteiger partial charge in [0.1, 0.15) is 0 Å². The summed E-state index contributed by atoms with van der Waals surface area (Å²) in [6.07, 6.45) is 5.49. The van der Waals surface area contributed by atoms with Crippen molar-refractivity contribution in [3.05, 3.63) is 28.0 Å². The van der Waals surface area contributed by atoms with Crippen molar-refractivity contribution in [1.82, 2.24) is 4.90 Å². The molecule has 19 heavy (non-hydrogen) atoms. The van der Waals surface area contributed by atoms with E-state index in [1.54, 1.807) is 17.4 Å². The lowest BCUT2D eigenvalue weighted by molar-refractivity contribution is -0.131. The molecule has 0 saturated carbocycles. The highest BCUT2D eigenvalue weighted by Gasteiger charge is 2.17. The zero-order valence-electron chi connectivity index (χ0n) is 11.0. The largest absolute Gasteiger partial charge is 0.478 e. The van der Waals surface area contributed by atoms with E-state index in [2.05, 4.69) is 11.9 Å². The monoisotopic (exact) mass is 281 g/mol. The molecule has 0 radical (unpaired) electrons. The first-order chi connectivity index (χ1) is 9.15. The van der Waals surface area contributed by atoms with Crippen LogP contribution in [0.15, 0.2) is 17.5 Å². The van der Waals surface area contributed by atoms with Gasteiger partial charge in [-0.15, -0.1) is 11.3 Å². The standard InChI is InChI=1S/C14H19NO3S/c1-15(9-12-3-2-7-18-12)10-13-11(6-8-19-13)4-5-14(16)17/h4-6,8,12H,2-3,7,9-10H2,1H3,(H,16,17)/b5-4+. The SMILES string of the molecule is CN(Cc1sccc1/C=C/C(=O)O)CC1CCCO1. The number of likely N-dealkylation sites (N-methyl/N-ethyl adjacent to an activating group) is 1. The highest BCUT2D eigenvalue weighted by atomic mass is 32.1. The van der Waals surface area contributed by atoms with Gasteiger partial charge in [-0.2, -0.15) is 0 Å². The fourth-order valence-electron chi connectivity index (χ4n) is 2.23. The molecule has 4 nitrogen and oxygen atoms in total. The Balaban J connectivity index is 1.91. The van der Waals surface area contributed by atoms with Gasteiger partial charge in [0.2, 0.25) is 0 Å². The Morgan fingerprint density at radius 3 is 3.21 bits per heavy atom. The molecule has 2 heterocycles. The summed E-state index contributed by atoms with van der Waals surface area (Å²) in [7, 11) is 2.08. The lowest BCUT2D eigenvalue weighted by atomic mass is 10.2. The number of ether oxygens (including phenoxy) is 1. The first-order valence-electron chi connectivity index (χ1n) is 6.42. The summed E-state index contributed by atoms with van der Waals surface area (Å²) >= 11 is 1.66. The first kappa shape index (κ1) is 14.2. The quantitative estimate of drug-likeness (QED) is 0.814. The summed E-state index contributed by atoms with van der Waals surface area (Å²) in [5, 5.41) is 10.7. The lowest BCUT2D eigenvalue weighted by Crippen LogP contribution is -2.28. The Kier molecular flexibility index (Phi) is 5.13. The number of thiophene rings is 1. The number of rotatable bonds is 6. The van der Waals surface area contributed by atoms with Crippen LogP contribution in [0.4, 0.5) is 0 Å². The fourth-order valence-corrected chi connectivity index (χ4v) is 3.18. The number of hydrogen-bond acceptors (Lipinski definition) is 4. The van der Waals surface area contributed by atoms with Gasteiger partial charge in [-0.3, -0.25) is 4.90 Å². The summed E-state index contributed by atoms with van der Waals surface area (Å²) in [6, 6.07) is 1.96. The van der Waals surface area contributed by atoms with Gasteiger partial charge < -0.3 is 9.84 Å². The number of hydrogen-bond donors (Lipinski definition) is 1.